The van der Waals surface area contributed by atoms with Crippen LogP contribution in [0.5, 0.6) is 5.75 Å². The van der Waals surface area contributed by atoms with Crippen LogP contribution in [0, 0.1) is 23.7 Å². The van der Waals surface area contributed by atoms with Gasteiger partial charge in [0.2, 0.25) is 5.91 Å². The minimum atomic E-state index is -3.76. The standard InChI is InChI=1S/C40H47N4O10P/c1-7-53-55(52,54-8-2)39(42-24-12-10-9-11-13-24)22-16-14-21(15-17-22)25-20-28(43(3)4)26-18-23-19-27-32(44(5)6)35(47)31(38(41)50)37(49)40(27,51)36(48)29(23)34(46)30(26)33(25)45/h9-17,20,23,27,29,31-32,39,42,45,51H,7-8,18-19H2,1-6H3,(H2,41,50)/t23-,27-,29?,31?,32-,39?,40-/m1/s1. The number of aliphatic hydroxyl groups is 1. The molecule has 0 aromatic heterocycles. The molecule has 3 unspecified atom stereocenters. The number of rotatable bonds is 12. The Bertz CT molecular complexity index is 2080. The topological polar surface area (TPSA) is 206 Å². The summed E-state index contributed by atoms with van der Waals surface area (Å²) in [4.78, 5) is 71.6. The SMILES string of the molecule is CCOP(=O)(OCC)C(Nc1ccccc1)c1ccc(-c2cc(N(C)C)c3c(c2O)C(=O)C2C(=O)[C@@]4(O)C(=O)C(C(N)=O)C(=O)[C@H](N(C)C)[C@H]4C[C@H]2C3)cc1. The first-order chi connectivity index (χ1) is 26.0. The van der Waals surface area contributed by atoms with Crippen molar-refractivity contribution in [1.82, 2.24) is 4.90 Å². The molecule has 3 aromatic carbocycles. The molecule has 3 aliphatic rings. The Labute approximate surface area is 319 Å². The lowest BCUT2D eigenvalue weighted by Crippen LogP contribution is -2.74. The third-order valence-electron chi connectivity index (χ3n) is 11.1. The maximum absolute atomic E-state index is 14.6. The van der Waals surface area contributed by atoms with Crippen LogP contribution in [-0.4, -0.2) is 97.2 Å². The minimum Gasteiger partial charge on any atom is -0.507 e. The van der Waals surface area contributed by atoms with Crippen LogP contribution in [0.2, 0.25) is 0 Å². The predicted octanol–water partition coefficient (Wildman–Crippen LogP) is 3.98. The first-order valence-corrected chi connectivity index (χ1v) is 19.8. The number of likely N-dealkylation sites (N-methyl/N-ethyl adjacent to an activating group) is 1. The van der Waals surface area contributed by atoms with Crippen molar-refractivity contribution in [3.05, 3.63) is 77.4 Å². The first-order valence-electron chi connectivity index (χ1n) is 18.2. The van der Waals surface area contributed by atoms with Gasteiger partial charge in [0.05, 0.1) is 30.7 Å². The molecule has 2 saturated carbocycles. The number of phenols is 1. The Morgan fingerprint density at radius 1 is 0.982 bits per heavy atom. The summed E-state index contributed by atoms with van der Waals surface area (Å²) in [5.41, 5.74) is 5.62. The molecule has 0 saturated heterocycles. The molecule has 0 radical (unpaired) electrons. The number of aromatic hydroxyl groups is 1. The zero-order chi connectivity index (χ0) is 40.1. The Kier molecular flexibility index (Phi) is 11.0. The second-order valence-electron chi connectivity index (χ2n) is 14.7. The molecule has 5 N–H and O–H groups in total. The lowest BCUT2D eigenvalue weighted by atomic mass is 9.52. The Morgan fingerprint density at radius 2 is 1.60 bits per heavy atom. The molecule has 7 atom stereocenters. The molecule has 3 aromatic rings. The van der Waals surface area contributed by atoms with Crippen molar-refractivity contribution >= 4 is 48.0 Å². The summed E-state index contributed by atoms with van der Waals surface area (Å²) in [5.74, 6) is -12.1. The van der Waals surface area contributed by atoms with E-state index in [1.807, 2.05) is 30.3 Å². The minimum absolute atomic E-state index is 0.0493. The van der Waals surface area contributed by atoms with E-state index in [1.54, 1.807) is 77.3 Å². The molecule has 6 rings (SSSR count). The number of benzene rings is 3. The highest BCUT2D eigenvalue weighted by atomic mass is 31.2. The van der Waals surface area contributed by atoms with Crippen LogP contribution in [-0.2, 0) is 39.2 Å². The Hall–Kier alpha value is -4.72. The maximum Gasteiger partial charge on any atom is 0.357 e. The van der Waals surface area contributed by atoms with Gasteiger partial charge in [-0.2, -0.15) is 0 Å². The average molecular weight is 775 g/mol. The molecule has 0 aliphatic heterocycles. The number of carbonyl (C=O) groups is 5. The van der Waals surface area contributed by atoms with Crippen LogP contribution in [0.15, 0.2) is 60.7 Å². The number of hydrogen-bond donors (Lipinski definition) is 4. The first kappa shape index (κ1) is 40.0. The number of anilines is 2. The van der Waals surface area contributed by atoms with E-state index >= 15 is 0 Å². The van der Waals surface area contributed by atoms with Gasteiger partial charge < -0.3 is 35.2 Å². The summed E-state index contributed by atoms with van der Waals surface area (Å²) < 4.78 is 25.6. The van der Waals surface area contributed by atoms with Crippen molar-refractivity contribution in [3.63, 3.8) is 0 Å². The van der Waals surface area contributed by atoms with Gasteiger partial charge in [0.1, 0.15) is 5.75 Å². The number of ketones is 4. The van der Waals surface area contributed by atoms with E-state index in [0.29, 0.717) is 28.1 Å². The van der Waals surface area contributed by atoms with Crippen LogP contribution < -0.4 is 16.0 Å². The van der Waals surface area contributed by atoms with Gasteiger partial charge in [-0.25, -0.2) is 0 Å². The van der Waals surface area contributed by atoms with Crippen molar-refractivity contribution in [2.45, 2.75) is 44.1 Å². The summed E-state index contributed by atoms with van der Waals surface area (Å²) in [6.45, 7) is 3.74. The molecular weight excluding hydrogens is 727 g/mol. The summed E-state index contributed by atoms with van der Waals surface area (Å²) in [5, 5.41) is 27.2. The largest absolute Gasteiger partial charge is 0.507 e. The van der Waals surface area contributed by atoms with Gasteiger partial charge in [-0.1, -0.05) is 42.5 Å². The van der Waals surface area contributed by atoms with Crippen LogP contribution in [0.4, 0.5) is 11.4 Å². The highest BCUT2D eigenvalue weighted by Gasteiger charge is 2.69. The van der Waals surface area contributed by atoms with Crippen LogP contribution in [0.25, 0.3) is 11.1 Å². The second-order valence-corrected chi connectivity index (χ2v) is 16.9. The highest BCUT2D eigenvalue weighted by Crippen LogP contribution is 2.61. The summed E-state index contributed by atoms with van der Waals surface area (Å²) in [6.07, 6.45) is 0.0787. The zero-order valence-corrected chi connectivity index (χ0v) is 32.5. The molecule has 55 heavy (non-hydrogen) atoms. The van der Waals surface area contributed by atoms with Crippen molar-refractivity contribution < 1.29 is 47.8 Å². The molecule has 0 spiro atoms. The van der Waals surface area contributed by atoms with Gasteiger partial charge in [0.15, 0.2) is 40.4 Å². The molecule has 3 aliphatic carbocycles. The fraction of sp³-hybridized carbons (Fsp3) is 0.425. The van der Waals surface area contributed by atoms with E-state index < -0.39 is 83.5 Å². The van der Waals surface area contributed by atoms with Crippen LogP contribution in [0.1, 0.15) is 47.5 Å². The summed E-state index contributed by atoms with van der Waals surface area (Å²) in [6, 6.07) is 16.6. The molecule has 0 bridgehead atoms. The lowest BCUT2D eigenvalue weighted by Gasteiger charge is -2.52. The maximum atomic E-state index is 14.6. The zero-order valence-electron chi connectivity index (χ0n) is 31.6. The van der Waals surface area contributed by atoms with E-state index in [4.69, 9.17) is 14.8 Å². The van der Waals surface area contributed by atoms with E-state index in [-0.39, 0.29) is 37.2 Å². The molecule has 2 fully saturated rings. The predicted molar refractivity (Wildman–Crippen MR) is 205 cm³/mol. The normalized spacial score (nSPS) is 25.6. The van der Waals surface area contributed by atoms with Crippen molar-refractivity contribution in [3.8, 4) is 16.9 Å². The van der Waals surface area contributed by atoms with Crippen molar-refractivity contribution in [2.24, 2.45) is 29.4 Å². The van der Waals surface area contributed by atoms with Gasteiger partial charge in [-0.05, 0) is 81.6 Å². The smallest absolute Gasteiger partial charge is 0.357 e. The lowest BCUT2D eigenvalue weighted by molar-refractivity contribution is -0.181. The Morgan fingerprint density at radius 3 is 2.15 bits per heavy atom. The monoisotopic (exact) mass is 774 g/mol. The molecule has 292 valence electrons. The number of nitrogens with two attached hydrogens (primary N) is 1. The van der Waals surface area contributed by atoms with Gasteiger partial charge in [0.25, 0.3) is 0 Å². The molecule has 0 heterocycles. The number of para-hydroxylation sites is 1. The molecular formula is C40H47N4O10P. The molecule has 14 nitrogen and oxygen atoms in total. The number of phenolic OH excluding ortho intramolecular Hbond substituents is 1. The van der Waals surface area contributed by atoms with Crippen LogP contribution >= 0.6 is 7.60 Å². The number of nitrogens with one attached hydrogen (secondary N) is 1. The number of amides is 1. The van der Waals surface area contributed by atoms with Crippen molar-refractivity contribution in [1.29, 1.82) is 0 Å². The number of Topliss-reactive ketones (excluding diaryl/α,β-unsaturated/α-hetero) is 4. The quantitative estimate of drug-likeness (QED) is 0.152. The second kappa shape index (κ2) is 15.1. The number of carbonyl (C=O) groups excluding carboxylic acids is 5. The summed E-state index contributed by atoms with van der Waals surface area (Å²) in [7, 11) is 2.89. The molecule has 15 heteroatoms. The summed E-state index contributed by atoms with van der Waals surface area (Å²) >= 11 is 0. The number of primary amides is 1. The third-order valence-corrected chi connectivity index (χ3v) is 13.4. The van der Waals surface area contributed by atoms with Gasteiger partial charge in [0, 0.05) is 37.0 Å². The fourth-order valence-corrected chi connectivity index (χ4v) is 10.6. The van der Waals surface area contributed by atoms with E-state index in [2.05, 4.69) is 5.32 Å². The third kappa shape index (κ3) is 6.59. The molecule has 1 amide bonds. The van der Waals surface area contributed by atoms with E-state index in [0.717, 1.165) is 0 Å². The number of nitrogens with zero attached hydrogens (tertiary/aromatic N) is 2. The average Bonchev–Trinajstić information content (AvgIpc) is 3.12. The Balaban J connectivity index is 1.43. The van der Waals surface area contributed by atoms with Gasteiger partial charge in [-0.15, -0.1) is 0 Å². The fourth-order valence-electron chi connectivity index (χ4n) is 8.70. The van der Waals surface area contributed by atoms with Gasteiger partial charge in [-0.3, -0.25) is 33.4 Å². The van der Waals surface area contributed by atoms with Crippen LogP contribution in [0.3, 0.4) is 0 Å². The van der Waals surface area contributed by atoms with E-state index in [9.17, 15) is 38.8 Å². The number of fused-ring (bicyclic) bond motifs is 3. The van der Waals surface area contributed by atoms with Crippen molar-refractivity contribution in [2.75, 3.05) is 51.6 Å². The number of hydrogen-bond acceptors (Lipinski definition) is 13. The highest BCUT2D eigenvalue weighted by molar-refractivity contribution is 7.54. The van der Waals surface area contributed by atoms with E-state index in [1.165, 1.54) is 4.90 Å². The van der Waals surface area contributed by atoms with Gasteiger partial charge >= 0.3 is 7.60 Å².